The maximum atomic E-state index is 12.2. The van der Waals surface area contributed by atoms with Crippen molar-refractivity contribution in [3.05, 3.63) is 56.5 Å². The van der Waals surface area contributed by atoms with Crippen LogP contribution >= 0.6 is 15.9 Å². The zero-order valence-electron chi connectivity index (χ0n) is 12.6. The second-order valence-electron chi connectivity index (χ2n) is 4.91. The highest BCUT2D eigenvalue weighted by Crippen LogP contribution is 2.31. The van der Waals surface area contributed by atoms with Gasteiger partial charge in [-0.3, -0.25) is 10.1 Å². The lowest BCUT2D eigenvalue weighted by Gasteiger charge is -2.01. The highest BCUT2D eigenvalue weighted by molar-refractivity contribution is 9.10. The number of aromatic nitrogens is 1. The van der Waals surface area contributed by atoms with Crippen LogP contribution in [0.1, 0.15) is 10.4 Å². The molecule has 0 saturated carbocycles. The molecule has 0 amide bonds. The van der Waals surface area contributed by atoms with Gasteiger partial charge >= 0.3 is 5.97 Å². The molecule has 25 heavy (non-hydrogen) atoms. The van der Waals surface area contributed by atoms with E-state index in [-0.39, 0.29) is 34.8 Å². The molecule has 0 aliphatic heterocycles. The van der Waals surface area contributed by atoms with Gasteiger partial charge < -0.3 is 9.15 Å². The summed E-state index contributed by atoms with van der Waals surface area (Å²) in [6.45, 7) is -0.254. The van der Waals surface area contributed by atoms with E-state index in [0.717, 1.165) is 10.5 Å². The first-order valence-electron chi connectivity index (χ1n) is 6.95. The summed E-state index contributed by atoms with van der Waals surface area (Å²) < 4.78 is 11.3. The minimum atomic E-state index is -0.816. The predicted molar refractivity (Wildman–Crippen MR) is 92.9 cm³/mol. The number of hydrogen-bond acceptors (Lipinski definition) is 6. The van der Waals surface area contributed by atoms with Gasteiger partial charge in [0.05, 0.1) is 4.92 Å². The first kappa shape index (κ1) is 16.7. The van der Waals surface area contributed by atoms with Gasteiger partial charge in [0.25, 0.3) is 5.69 Å². The molecule has 0 fully saturated rings. The zero-order valence-corrected chi connectivity index (χ0v) is 14.1. The second kappa shape index (κ2) is 6.75. The van der Waals surface area contributed by atoms with Gasteiger partial charge in [0.1, 0.15) is 11.1 Å². The van der Waals surface area contributed by atoms with Gasteiger partial charge in [0.2, 0.25) is 5.89 Å². The van der Waals surface area contributed by atoms with Crippen LogP contribution < -0.4 is 0 Å². The maximum absolute atomic E-state index is 12.2. The van der Waals surface area contributed by atoms with Crippen LogP contribution in [0, 0.1) is 22.5 Å². The van der Waals surface area contributed by atoms with Crippen molar-refractivity contribution in [2.45, 2.75) is 0 Å². The van der Waals surface area contributed by atoms with Crippen molar-refractivity contribution in [1.29, 1.82) is 0 Å². The summed E-state index contributed by atoms with van der Waals surface area (Å²) in [6.07, 6.45) is 5.06. The minimum absolute atomic E-state index is 0.0996. The number of hydrogen-bond donors (Lipinski definition) is 0. The topological polar surface area (TPSA) is 95.5 Å². The van der Waals surface area contributed by atoms with Crippen molar-refractivity contribution >= 4 is 38.7 Å². The highest BCUT2D eigenvalue weighted by atomic mass is 79.9. The Kier molecular flexibility index (Phi) is 4.50. The number of nitro groups is 1. The minimum Gasteiger partial charge on any atom is -0.449 e. The largest absolute Gasteiger partial charge is 0.449 e. The number of oxazole rings is 1. The second-order valence-corrected chi connectivity index (χ2v) is 5.82. The van der Waals surface area contributed by atoms with E-state index in [9.17, 15) is 14.9 Å². The van der Waals surface area contributed by atoms with Crippen molar-refractivity contribution in [3.8, 4) is 23.8 Å². The SMILES string of the molecule is C#CCOC(=O)c1cc([N+](=O)[O-])cc2nc(-c3cccc(Br)c3)oc12. The molecule has 0 spiro atoms. The number of terminal acetylenes is 1. The van der Waals surface area contributed by atoms with Crippen LogP contribution in [0.25, 0.3) is 22.6 Å². The van der Waals surface area contributed by atoms with Crippen molar-refractivity contribution in [3.63, 3.8) is 0 Å². The molecule has 0 atom stereocenters. The Bertz CT molecular complexity index is 1040. The molecule has 0 aliphatic carbocycles. The van der Waals surface area contributed by atoms with Crippen molar-refractivity contribution in [2.24, 2.45) is 0 Å². The number of ether oxygens (including phenoxy) is 1. The molecule has 1 aromatic heterocycles. The molecule has 3 aromatic rings. The summed E-state index contributed by atoms with van der Waals surface area (Å²) in [5.41, 5.74) is 0.526. The van der Waals surface area contributed by atoms with Crippen LogP contribution in [0.3, 0.4) is 0 Å². The number of nitro benzene ring substituents is 1. The van der Waals surface area contributed by atoms with Gasteiger partial charge in [-0.25, -0.2) is 9.78 Å². The Morgan fingerprint density at radius 2 is 2.20 bits per heavy atom. The molecule has 0 radical (unpaired) electrons. The third-order valence-electron chi connectivity index (χ3n) is 3.26. The number of fused-ring (bicyclic) bond motifs is 1. The fourth-order valence-electron chi connectivity index (χ4n) is 2.20. The Labute approximate surface area is 149 Å². The molecule has 124 valence electrons. The van der Waals surface area contributed by atoms with Crippen LogP contribution in [0.2, 0.25) is 0 Å². The number of nitrogens with zero attached hydrogens (tertiary/aromatic N) is 2. The van der Waals surface area contributed by atoms with Gasteiger partial charge in [-0.15, -0.1) is 6.42 Å². The molecule has 0 N–H and O–H groups in total. The lowest BCUT2D eigenvalue weighted by Crippen LogP contribution is -2.06. The Hall–Kier alpha value is -3.18. The third-order valence-corrected chi connectivity index (χ3v) is 3.76. The third kappa shape index (κ3) is 3.36. The number of non-ortho nitro benzene ring substituents is 1. The molecule has 3 rings (SSSR count). The van der Waals surface area contributed by atoms with E-state index in [1.54, 1.807) is 18.2 Å². The molecule has 0 unspecified atom stereocenters. The van der Waals surface area contributed by atoms with Crippen LogP contribution in [0.4, 0.5) is 5.69 Å². The van der Waals surface area contributed by atoms with Gasteiger partial charge in [0.15, 0.2) is 12.2 Å². The summed E-state index contributed by atoms with van der Waals surface area (Å²) in [4.78, 5) is 26.9. The lowest BCUT2D eigenvalue weighted by molar-refractivity contribution is -0.384. The smallest absolute Gasteiger partial charge is 0.343 e. The Balaban J connectivity index is 2.18. The van der Waals surface area contributed by atoms with Crippen LogP contribution in [0.5, 0.6) is 0 Å². The molecule has 1 heterocycles. The molecule has 2 aromatic carbocycles. The average Bonchev–Trinajstić information content (AvgIpc) is 3.02. The van der Waals surface area contributed by atoms with Crippen molar-refractivity contribution < 1.29 is 18.9 Å². The summed E-state index contributed by atoms with van der Waals surface area (Å²) >= 11 is 3.35. The average molecular weight is 401 g/mol. The van der Waals surface area contributed by atoms with E-state index >= 15 is 0 Å². The normalized spacial score (nSPS) is 10.4. The van der Waals surface area contributed by atoms with Gasteiger partial charge in [-0.05, 0) is 18.2 Å². The van der Waals surface area contributed by atoms with Gasteiger partial charge in [-0.2, -0.15) is 0 Å². The highest BCUT2D eigenvalue weighted by Gasteiger charge is 2.23. The molecule has 8 heteroatoms. The van der Waals surface area contributed by atoms with Crippen molar-refractivity contribution in [2.75, 3.05) is 6.61 Å². The van der Waals surface area contributed by atoms with E-state index in [1.807, 2.05) is 6.07 Å². The molecule has 0 aliphatic rings. The first-order chi connectivity index (χ1) is 12.0. The Morgan fingerprint density at radius 3 is 2.88 bits per heavy atom. The van der Waals surface area contributed by atoms with E-state index < -0.39 is 10.9 Å². The fourth-order valence-corrected chi connectivity index (χ4v) is 2.60. The first-order valence-corrected chi connectivity index (χ1v) is 7.74. The number of esters is 1. The van der Waals surface area contributed by atoms with Gasteiger partial charge in [0, 0.05) is 22.2 Å². The fraction of sp³-hybridized carbons (Fsp3) is 0.0588. The van der Waals surface area contributed by atoms with Crippen LogP contribution in [-0.2, 0) is 4.74 Å². The van der Waals surface area contributed by atoms with E-state index in [4.69, 9.17) is 15.6 Å². The molecule has 0 bridgehead atoms. The number of benzene rings is 2. The number of halogens is 1. The monoisotopic (exact) mass is 400 g/mol. The predicted octanol–water partition coefficient (Wildman–Crippen LogP) is 3.96. The molecular formula is C17H9BrN2O5. The maximum Gasteiger partial charge on any atom is 0.343 e. The number of carbonyl (C=O) groups excluding carboxylic acids is 1. The molecule has 7 nitrogen and oxygen atoms in total. The van der Waals surface area contributed by atoms with Crippen LogP contribution in [0.15, 0.2) is 45.3 Å². The number of rotatable bonds is 4. The van der Waals surface area contributed by atoms with Gasteiger partial charge in [-0.1, -0.05) is 27.9 Å². The number of carbonyl (C=O) groups is 1. The quantitative estimate of drug-likeness (QED) is 0.284. The summed E-state index contributed by atoms with van der Waals surface area (Å²) in [6, 6.07) is 9.48. The zero-order chi connectivity index (χ0) is 18.0. The summed E-state index contributed by atoms with van der Waals surface area (Å²) in [7, 11) is 0. The molecule has 0 saturated heterocycles. The van der Waals surface area contributed by atoms with Crippen LogP contribution in [-0.4, -0.2) is 22.5 Å². The summed E-state index contributed by atoms with van der Waals surface area (Å²) in [5.74, 6) is 1.57. The van der Waals surface area contributed by atoms with E-state index in [1.165, 1.54) is 6.07 Å². The molecular weight excluding hydrogens is 392 g/mol. The lowest BCUT2D eigenvalue weighted by atomic mass is 10.1. The Morgan fingerprint density at radius 1 is 1.40 bits per heavy atom. The van der Waals surface area contributed by atoms with E-state index in [0.29, 0.717) is 5.56 Å². The summed E-state index contributed by atoms with van der Waals surface area (Å²) in [5, 5.41) is 11.1. The standard InChI is InChI=1S/C17H9BrN2O5/c1-2-6-24-17(21)13-8-12(20(22)23)9-14-15(13)25-16(19-14)10-4-3-5-11(18)7-10/h1,3-5,7-9H,6H2. The van der Waals surface area contributed by atoms with E-state index in [2.05, 4.69) is 26.8 Å². The van der Waals surface area contributed by atoms with Crippen molar-refractivity contribution in [1.82, 2.24) is 4.98 Å².